The molecule has 1 aromatic carbocycles. The molecule has 25 heavy (non-hydrogen) atoms. The maximum atomic E-state index is 4.39. The summed E-state index contributed by atoms with van der Waals surface area (Å²) >= 11 is 1.99. The van der Waals surface area contributed by atoms with E-state index >= 15 is 0 Å². The number of rotatable bonds is 7. The van der Waals surface area contributed by atoms with Crippen LogP contribution in [0.2, 0.25) is 0 Å². The van der Waals surface area contributed by atoms with Crippen LogP contribution in [0.15, 0.2) is 35.3 Å². The van der Waals surface area contributed by atoms with Gasteiger partial charge in [-0.25, -0.2) is 0 Å². The monoisotopic (exact) mass is 476 g/mol. The van der Waals surface area contributed by atoms with Crippen LogP contribution in [0.5, 0.6) is 0 Å². The molecule has 0 bridgehead atoms. The molecular weight excluding hydrogens is 443 g/mol. The first-order valence-corrected chi connectivity index (χ1v) is 10.1. The minimum Gasteiger partial charge on any atom is -0.355 e. The molecule has 142 valence electrons. The molecule has 1 aromatic rings. The molecule has 0 amide bonds. The second-order valence-corrected chi connectivity index (χ2v) is 7.85. The third-order valence-electron chi connectivity index (χ3n) is 4.87. The summed E-state index contributed by atoms with van der Waals surface area (Å²) < 4.78 is 0. The van der Waals surface area contributed by atoms with Gasteiger partial charge in [0, 0.05) is 37.5 Å². The second-order valence-electron chi connectivity index (χ2n) is 6.71. The van der Waals surface area contributed by atoms with Gasteiger partial charge in [0.15, 0.2) is 5.96 Å². The zero-order valence-corrected chi connectivity index (χ0v) is 19.0. The molecule has 4 nitrogen and oxygen atoms in total. The highest BCUT2D eigenvalue weighted by molar-refractivity contribution is 14.0. The van der Waals surface area contributed by atoms with Crippen molar-refractivity contribution in [3.8, 4) is 0 Å². The molecule has 1 aliphatic rings. The Morgan fingerprint density at radius 2 is 2.04 bits per heavy atom. The number of guanidine groups is 1. The smallest absolute Gasteiger partial charge is 0.191 e. The molecule has 0 heterocycles. The van der Waals surface area contributed by atoms with Gasteiger partial charge in [-0.15, -0.1) is 24.0 Å². The third kappa shape index (κ3) is 7.74. The van der Waals surface area contributed by atoms with Crippen LogP contribution in [0, 0.1) is 0 Å². The van der Waals surface area contributed by atoms with Crippen molar-refractivity contribution in [2.75, 3.05) is 26.9 Å². The van der Waals surface area contributed by atoms with Crippen molar-refractivity contribution in [2.24, 2.45) is 4.99 Å². The zero-order chi connectivity index (χ0) is 17.4. The maximum absolute atomic E-state index is 4.39. The van der Waals surface area contributed by atoms with Crippen LogP contribution >= 0.6 is 35.7 Å². The van der Waals surface area contributed by atoms with E-state index in [1.165, 1.54) is 24.8 Å². The Kier molecular flexibility index (Phi) is 10.8. The highest BCUT2D eigenvalue weighted by atomic mass is 127. The van der Waals surface area contributed by atoms with Crippen molar-refractivity contribution in [2.45, 2.75) is 50.1 Å². The van der Waals surface area contributed by atoms with Crippen LogP contribution in [0.25, 0.3) is 0 Å². The molecule has 0 spiro atoms. The highest BCUT2D eigenvalue weighted by Crippen LogP contribution is 2.27. The lowest BCUT2D eigenvalue weighted by molar-refractivity contribution is 0.249. The first-order valence-electron chi connectivity index (χ1n) is 8.86. The van der Waals surface area contributed by atoms with E-state index < -0.39 is 0 Å². The molecule has 1 aliphatic carbocycles. The van der Waals surface area contributed by atoms with Gasteiger partial charge in [-0.1, -0.05) is 30.3 Å². The Morgan fingerprint density at radius 3 is 2.64 bits per heavy atom. The van der Waals surface area contributed by atoms with Crippen LogP contribution < -0.4 is 10.6 Å². The minimum atomic E-state index is 0. The van der Waals surface area contributed by atoms with Gasteiger partial charge in [-0.05, 0) is 45.1 Å². The summed E-state index contributed by atoms with van der Waals surface area (Å²) in [5, 5.41) is 7.87. The van der Waals surface area contributed by atoms with E-state index in [1.807, 2.05) is 18.8 Å². The number of likely N-dealkylation sites (N-methyl/N-ethyl adjacent to an activating group) is 1. The lowest BCUT2D eigenvalue weighted by Gasteiger charge is -2.26. The van der Waals surface area contributed by atoms with Crippen LogP contribution in [0.3, 0.4) is 0 Å². The summed E-state index contributed by atoms with van der Waals surface area (Å²) in [5.74, 6) is 0.932. The van der Waals surface area contributed by atoms with Gasteiger partial charge < -0.3 is 10.6 Å². The van der Waals surface area contributed by atoms with E-state index in [0.29, 0.717) is 12.1 Å². The summed E-state index contributed by atoms with van der Waals surface area (Å²) in [4.78, 5) is 6.76. The fourth-order valence-electron chi connectivity index (χ4n) is 3.10. The number of benzene rings is 1. The first kappa shape index (κ1) is 22.6. The van der Waals surface area contributed by atoms with Crippen molar-refractivity contribution < 1.29 is 0 Å². The predicted molar refractivity (Wildman–Crippen MR) is 122 cm³/mol. The lowest BCUT2D eigenvalue weighted by atomic mass is 10.2. The topological polar surface area (TPSA) is 39.7 Å². The molecule has 0 aliphatic heterocycles. The summed E-state index contributed by atoms with van der Waals surface area (Å²) in [6, 6.07) is 11.6. The molecule has 3 unspecified atom stereocenters. The Balaban J connectivity index is 0.00000312. The molecule has 2 rings (SSSR count). The summed E-state index contributed by atoms with van der Waals surface area (Å²) in [6.07, 6.45) is 6.01. The Bertz CT molecular complexity index is 511. The van der Waals surface area contributed by atoms with Crippen molar-refractivity contribution in [1.29, 1.82) is 0 Å². The van der Waals surface area contributed by atoms with Gasteiger partial charge in [0.2, 0.25) is 0 Å². The van der Waals surface area contributed by atoms with Gasteiger partial charge >= 0.3 is 0 Å². The first-order chi connectivity index (χ1) is 11.6. The van der Waals surface area contributed by atoms with E-state index in [4.69, 9.17) is 0 Å². The second kappa shape index (κ2) is 12.0. The van der Waals surface area contributed by atoms with Crippen LogP contribution in [0.4, 0.5) is 0 Å². The molecule has 0 radical (unpaired) electrons. The highest BCUT2D eigenvalue weighted by Gasteiger charge is 2.24. The number of hydrogen-bond acceptors (Lipinski definition) is 3. The van der Waals surface area contributed by atoms with Crippen molar-refractivity contribution in [3.63, 3.8) is 0 Å². The van der Waals surface area contributed by atoms with Crippen molar-refractivity contribution >= 4 is 41.7 Å². The molecule has 3 atom stereocenters. The Labute approximate surface area is 174 Å². The van der Waals surface area contributed by atoms with E-state index in [2.05, 4.69) is 71.1 Å². The average molecular weight is 476 g/mol. The average Bonchev–Trinajstić information content (AvgIpc) is 3.06. The van der Waals surface area contributed by atoms with E-state index in [0.717, 1.165) is 24.3 Å². The van der Waals surface area contributed by atoms with E-state index in [9.17, 15) is 0 Å². The molecule has 2 N–H and O–H groups in total. The fourth-order valence-corrected chi connectivity index (χ4v) is 3.90. The molecule has 1 fully saturated rings. The van der Waals surface area contributed by atoms with Gasteiger partial charge in [0.05, 0.1) is 0 Å². The quantitative estimate of drug-likeness (QED) is 0.359. The standard InChI is InChI=1S/C19H32N4S.HI/c1-15(23(3)14-16-8-6-5-7-9-16)13-21-19(20-2)22-17-10-11-18(12-17)24-4;/h5-9,15,17-18H,10-14H2,1-4H3,(H2,20,21,22);1H. The van der Waals surface area contributed by atoms with Crippen LogP contribution in [-0.4, -0.2) is 55.1 Å². The number of hydrogen-bond donors (Lipinski definition) is 2. The van der Waals surface area contributed by atoms with Crippen molar-refractivity contribution in [1.82, 2.24) is 15.5 Å². The summed E-state index contributed by atoms with van der Waals surface area (Å²) in [7, 11) is 4.03. The number of nitrogens with zero attached hydrogens (tertiary/aromatic N) is 2. The van der Waals surface area contributed by atoms with E-state index in [1.54, 1.807) is 0 Å². The number of aliphatic imine (C=N–C) groups is 1. The van der Waals surface area contributed by atoms with Crippen molar-refractivity contribution in [3.05, 3.63) is 35.9 Å². The third-order valence-corrected chi connectivity index (χ3v) is 5.97. The minimum absolute atomic E-state index is 0. The Hall–Kier alpha value is -0.470. The summed E-state index contributed by atoms with van der Waals surface area (Å²) in [5.41, 5.74) is 1.35. The number of halogens is 1. The van der Waals surface area contributed by atoms with Crippen LogP contribution in [-0.2, 0) is 6.54 Å². The fraction of sp³-hybridized carbons (Fsp3) is 0.632. The van der Waals surface area contributed by atoms with Gasteiger partial charge in [0.25, 0.3) is 0 Å². The van der Waals surface area contributed by atoms with Gasteiger partial charge in [-0.3, -0.25) is 9.89 Å². The van der Waals surface area contributed by atoms with Gasteiger partial charge in [-0.2, -0.15) is 11.8 Å². The molecule has 1 saturated carbocycles. The molecule has 0 aromatic heterocycles. The molecule has 0 saturated heterocycles. The Morgan fingerprint density at radius 1 is 1.32 bits per heavy atom. The normalized spacial score (nSPS) is 21.7. The number of nitrogens with one attached hydrogen (secondary N) is 2. The number of thioether (sulfide) groups is 1. The largest absolute Gasteiger partial charge is 0.355 e. The molecule has 6 heteroatoms. The lowest BCUT2D eigenvalue weighted by Crippen LogP contribution is -2.47. The zero-order valence-electron chi connectivity index (χ0n) is 15.9. The van der Waals surface area contributed by atoms with Gasteiger partial charge in [0.1, 0.15) is 0 Å². The SMILES string of the molecule is CN=C(NCC(C)N(C)Cc1ccccc1)NC1CCC(SC)C1.I. The maximum Gasteiger partial charge on any atom is 0.191 e. The molecular formula is C19H33IN4S. The summed E-state index contributed by atoms with van der Waals surface area (Å²) in [6.45, 7) is 4.11. The predicted octanol–water partition coefficient (Wildman–Crippen LogP) is 3.57. The van der Waals surface area contributed by atoms with E-state index in [-0.39, 0.29) is 24.0 Å². The van der Waals surface area contributed by atoms with Crippen LogP contribution in [0.1, 0.15) is 31.7 Å².